The predicted molar refractivity (Wildman–Crippen MR) is 152 cm³/mol. The number of aromatic hydroxyl groups is 1. The summed E-state index contributed by atoms with van der Waals surface area (Å²) >= 11 is 0. The molecule has 1 saturated carbocycles. The highest BCUT2D eigenvalue weighted by atomic mass is 16.7. The molecule has 10 nitrogen and oxygen atoms in total. The molecule has 3 aliphatic carbocycles. The number of hydrogen-bond acceptors (Lipinski definition) is 9. The first-order valence-electron chi connectivity index (χ1n) is 13.9. The molecule has 4 aliphatic rings. The summed E-state index contributed by atoms with van der Waals surface area (Å²) < 4.78 is 16.9. The monoisotopic (exact) mass is 581 g/mol. The Hall–Kier alpha value is -5.09. The van der Waals surface area contributed by atoms with Crippen LogP contribution in [0.5, 0.6) is 17.2 Å². The molecule has 218 valence electrons. The Morgan fingerprint density at radius 1 is 0.977 bits per heavy atom. The number of Topliss-reactive ketones (excluding diaryl/α,β-unsaturated/α-hetero) is 2. The molecule has 1 amide bonds. The SMILES string of the molecule is NC(=O)C1=C(OCc2ccccc2)C[C@@H]2C[C@@H]3Cc4c(-c5ccc6c(c5)OCO6)ccc(O)c4C(O)=C3C(=O)[C@]2(O)C1=O. The normalized spacial score (nSPS) is 23.9. The van der Waals surface area contributed by atoms with Gasteiger partial charge in [-0.05, 0) is 59.2 Å². The fraction of sp³-hybridized carbons (Fsp3) is 0.242. The Morgan fingerprint density at radius 3 is 2.51 bits per heavy atom. The zero-order valence-corrected chi connectivity index (χ0v) is 22.8. The van der Waals surface area contributed by atoms with E-state index >= 15 is 0 Å². The summed E-state index contributed by atoms with van der Waals surface area (Å²) in [6, 6.07) is 17.7. The molecule has 1 heterocycles. The Balaban J connectivity index is 1.29. The van der Waals surface area contributed by atoms with Gasteiger partial charge in [-0.25, -0.2) is 0 Å². The molecule has 0 spiro atoms. The molecule has 5 N–H and O–H groups in total. The summed E-state index contributed by atoms with van der Waals surface area (Å²) in [7, 11) is 0. The molecule has 43 heavy (non-hydrogen) atoms. The number of hydrogen-bond donors (Lipinski definition) is 4. The van der Waals surface area contributed by atoms with Gasteiger partial charge in [0.15, 0.2) is 17.1 Å². The van der Waals surface area contributed by atoms with Gasteiger partial charge in [-0.15, -0.1) is 0 Å². The van der Waals surface area contributed by atoms with Crippen LogP contribution >= 0.6 is 0 Å². The second-order valence-corrected chi connectivity index (χ2v) is 11.2. The van der Waals surface area contributed by atoms with Gasteiger partial charge in [0.2, 0.25) is 18.4 Å². The van der Waals surface area contributed by atoms with Gasteiger partial charge < -0.3 is 35.3 Å². The molecule has 7 rings (SSSR count). The highest BCUT2D eigenvalue weighted by Gasteiger charge is 2.62. The van der Waals surface area contributed by atoms with Crippen molar-refractivity contribution in [3.63, 3.8) is 0 Å². The van der Waals surface area contributed by atoms with Crippen molar-refractivity contribution < 1.29 is 43.9 Å². The molecular formula is C33H27NO9. The molecule has 0 unspecified atom stereocenters. The third-order valence-corrected chi connectivity index (χ3v) is 8.86. The number of benzene rings is 3. The van der Waals surface area contributed by atoms with Gasteiger partial charge in [0.05, 0.1) is 5.56 Å². The van der Waals surface area contributed by atoms with E-state index < -0.39 is 46.2 Å². The number of rotatable bonds is 5. The third kappa shape index (κ3) is 4.01. The lowest BCUT2D eigenvalue weighted by Gasteiger charge is -2.46. The molecular weight excluding hydrogens is 554 g/mol. The van der Waals surface area contributed by atoms with E-state index in [0.29, 0.717) is 22.6 Å². The molecule has 0 saturated heterocycles. The number of carbonyl (C=O) groups is 3. The van der Waals surface area contributed by atoms with E-state index in [1.54, 1.807) is 12.1 Å². The minimum atomic E-state index is -2.62. The van der Waals surface area contributed by atoms with E-state index in [9.17, 15) is 29.7 Å². The maximum atomic E-state index is 14.0. The summed E-state index contributed by atoms with van der Waals surface area (Å²) in [4.78, 5) is 40.1. The second kappa shape index (κ2) is 9.74. The van der Waals surface area contributed by atoms with Crippen LogP contribution in [0.1, 0.15) is 29.5 Å². The number of ketones is 2. The number of aliphatic hydroxyl groups excluding tert-OH is 1. The Bertz CT molecular complexity index is 1790. The van der Waals surface area contributed by atoms with Crippen molar-refractivity contribution in [3.05, 3.63) is 94.3 Å². The number of aliphatic hydroxyl groups is 2. The number of carbonyl (C=O) groups excluding carboxylic acids is 3. The van der Waals surface area contributed by atoms with Crippen molar-refractivity contribution in [2.45, 2.75) is 31.5 Å². The lowest BCUT2D eigenvalue weighted by Crippen LogP contribution is -2.61. The zero-order chi connectivity index (χ0) is 30.0. The maximum Gasteiger partial charge on any atom is 0.255 e. The molecule has 0 bridgehead atoms. The van der Waals surface area contributed by atoms with E-state index in [2.05, 4.69) is 0 Å². The quantitative estimate of drug-likeness (QED) is 0.261. The molecule has 0 aromatic heterocycles. The Labute approximate surface area is 245 Å². The molecule has 3 aromatic carbocycles. The maximum absolute atomic E-state index is 14.0. The van der Waals surface area contributed by atoms with Gasteiger partial charge in [-0.2, -0.15) is 0 Å². The number of primary amides is 1. The number of allylic oxidation sites excluding steroid dienone is 1. The van der Waals surface area contributed by atoms with Crippen LogP contribution in [0, 0.1) is 11.8 Å². The largest absolute Gasteiger partial charge is 0.507 e. The van der Waals surface area contributed by atoms with Crippen LogP contribution in [0.25, 0.3) is 16.9 Å². The number of phenolic OH excluding ortho intramolecular Hbond substituents is 1. The van der Waals surface area contributed by atoms with Crippen molar-refractivity contribution in [2.75, 3.05) is 6.79 Å². The first kappa shape index (κ1) is 26.8. The summed E-state index contributed by atoms with van der Waals surface area (Å²) in [5, 5.41) is 34.0. The van der Waals surface area contributed by atoms with Gasteiger partial charge in [0.25, 0.3) is 5.91 Å². The summed E-state index contributed by atoms with van der Waals surface area (Å²) in [5.74, 6) is -4.36. The number of fused-ring (bicyclic) bond motifs is 4. The van der Waals surface area contributed by atoms with Crippen molar-refractivity contribution in [1.82, 2.24) is 0 Å². The Kier molecular flexibility index (Phi) is 6.07. The van der Waals surface area contributed by atoms with Gasteiger partial charge in [-0.1, -0.05) is 42.5 Å². The van der Waals surface area contributed by atoms with E-state index in [1.807, 2.05) is 42.5 Å². The molecule has 1 fully saturated rings. The standard InChI is InChI=1S/C33H27NO9/c34-32(39)28-25(41-14-16-4-2-1-3-5-16)13-19-10-18-11-21-20(17-6-9-23-24(12-17)43-15-42-23)7-8-22(35)27(21)29(36)26(18)30(37)33(19,40)31(28)38/h1-9,12,18-19,35-36,40H,10-11,13-15H2,(H2,34,39)/t18-,19+,33+/m1/s1. The average Bonchev–Trinajstić information content (AvgIpc) is 3.46. The van der Waals surface area contributed by atoms with Crippen LogP contribution in [-0.2, 0) is 32.1 Å². The molecule has 3 aromatic rings. The smallest absolute Gasteiger partial charge is 0.255 e. The molecule has 1 aliphatic heterocycles. The van der Waals surface area contributed by atoms with E-state index in [4.69, 9.17) is 19.9 Å². The van der Waals surface area contributed by atoms with Crippen molar-refractivity contribution in [1.29, 1.82) is 0 Å². The van der Waals surface area contributed by atoms with Crippen molar-refractivity contribution in [2.24, 2.45) is 17.6 Å². The lowest BCUT2D eigenvalue weighted by atomic mass is 9.58. The molecule has 0 radical (unpaired) electrons. The topological polar surface area (TPSA) is 166 Å². The first-order chi connectivity index (χ1) is 20.7. The van der Waals surface area contributed by atoms with Crippen LogP contribution in [0.4, 0.5) is 0 Å². The zero-order valence-electron chi connectivity index (χ0n) is 22.8. The predicted octanol–water partition coefficient (Wildman–Crippen LogP) is 3.48. The summed E-state index contributed by atoms with van der Waals surface area (Å²) in [6.45, 7) is 0.162. The van der Waals surface area contributed by atoms with Crippen LogP contribution in [0.2, 0.25) is 0 Å². The van der Waals surface area contributed by atoms with Crippen molar-refractivity contribution in [3.8, 4) is 28.4 Å². The number of nitrogens with two attached hydrogens (primary N) is 1. The minimum Gasteiger partial charge on any atom is -0.507 e. The van der Waals surface area contributed by atoms with Gasteiger partial charge >= 0.3 is 0 Å². The summed E-state index contributed by atoms with van der Waals surface area (Å²) in [6.07, 6.45) is 0.296. The highest BCUT2D eigenvalue weighted by molar-refractivity contribution is 6.32. The molecule has 10 heteroatoms. The molecule has 3 atom stereocenters. The van der Waals surface area contributed by atoms with Crippen LogP contribution in [0.3, 0.4) is 0 Å². The first-order valence-corrected chi connectivity index (χ1v) is 13.9. The van der Waals surface area contributed by atoms with E-state index in [-0.39, 0.29) is 55.3 Å². The second-order valence-electron chi connectivity index (χ2n) is 11.2. The fourth-order valence-electron chi connectivity index (χ4n) is 6.81. The van der Waals surface area contributed by atoms with Crippen LogP contribution < -0.4 is 15.2 Å². The number of amides is 1. The fourth-order valence-corrected chi connectivity index (χ4v) is 6.81. The van der Waals surface area contributed by atoms with E-state index in [1.165, 1.54) is 6.07 Å². The van der Waals surface area contributed by atoms with Crippen LogP contribution in [-0.4, -0.2) is 45.2 Å². The van der Waals surface area contributed by atoms with Gasteiger partial charge in [0, 0.05) is 17.9 Å². The van der Waals surface area contributed by atoms with E-state index in [0.717, 1.165) is 11.1 Å². The lowest BCUT2D eigenvalue weighted by molar-refractivity contribution is -0.158. The number of phenols is 1. The van der Waals surface area contributed by atoms with Crippen LogP contribution in [0.15, 0.2) is 77.6 Å². The van der Waals surface area contributed by atoms with Gasteiger partial charge in [-0.3, -0.25) is 14.4 Å². The Morgan fingerprint density at radius 2 is 1.74 bits per heavy atom. The summed E-state index contributed by atoms with van der Waals surface area (Å²) in [5.41, 5.74) is 5.15. The van der Waals surface area contributed by atoms with Crippen molar-refractivity contribution >= 4 is 23.2 Å². The van der Waals surface area contributed by atoms with Gasteiger partial charge in [0.1, 0.15) is 29.4 Å². The highest BCUT2D eigenvalue weighted by Crippen LogP contribution is 2.53. The third-order valence-electron chi connectivity index (χ3n) is 8.86. The minimum absolute atomic E-state index is 0.0235. The number of ether oxygens (including phenoxy) is 3. The average molecular weight is 582 g/mol.